The topological polar surface area (TPSA) is 55.8 Å². The molecule has 0 heterocycles. The summed E-state index contributed by atoms with van der Waals surface area (Å²) in [7, 11) is 2.76. The summed E-state index contributed by atoms with van der Waals surface area (Å²) in [6.45, 7) is 6.95. The van der Waals surface area contributed by atoms with Gasteiger partial charge in [-0.1, -0.05) is 32.9 Å². The van der Waals surface area contributed by atoms with Crippen LogP contribution < -0.4 is 0 Å². The van der Waals surface area contributed by atoms with Gasteiger partial charge in [0, 0.05) is 24.6 Å². The smallest absolute Gasteiger partial charge is 0.325 e. The van der Waals surface area contributed by atoms with Crippen LogP contribution in [0.25, 0.3) is 0 Å². The van der Waals surface area contributed by atoms with Crippen LogP contribution >= 0.6 is 0 Å². The number of hydrogen-bond donors (Lipinski definition) is 0. The lowest BCUT2D eigenvalue weighted by Crippen LogP contribution is -2.42. The maximum Gasteiger partial charge on any atom is 0.325 e. The minimum atomic E-state index is -0.672. The number of benzene rings is 1. The first-order valence-corrected chi connectivity index (χ1v) is 7.78. The second-order valence-corrected chi connectivity index (χ2v) is 6.68. The molecule has 0 aliphatic carbocycles. The van der Waals surface area contributed by atoms with Crippen molar-refractivity contribution >= 4 is 11.9 Å². The summed E-state index contributed by atoms with van der Waals surface area (Å²) in [4.78, 5) is 25.7. The molecule has 134 valence electrons. The van der Waals surface area contributed by atoms with E-state index in [1.807, 2.05) is 0 Å². The number of halogens is 1. The average molecular weight is 339 g/mol. The Bertz CT molecular complexity index is 595. The zero-order valence-corrected chi connectivity index (χ0v) is 15.2. The van der Waals surface area contributed by atoms with E-state index in [2.05, 4.69) is 4.74 Å². The molecule has 1 atom stereocenters. The van der Waals surface area contributed by atoms with Crippen molar-refractivity contribution in [3.63, 3.8) is 0 Å². The second kappa shape index (κ2) is 8.24. The van der Waals surface area contributed by atoms with Gasteiger partial charge in [0.2, 0.25) is 5.91 Å². The molecule has 1 aromatic carbocycles. The SMILES string of the molecule is COC(=O)CN(Cc1cccc(F)c1C(C)OC)C(=O)C(C)(C)C. The highest BCUT2D eigenvalue weighted by Gasteiger charge is 2.30. The molecule has 0 fully saturated rings. The van der Waals surface area contributed by atoms with E-state index in [0.717, 1.165) is 0 Å². The van der Waals surface area contributed by atoms with Crippen LogP contribution in [0.4, 0.5) is 4.39 Å². The van der Waals surface area contributed by atoms with Gasteiger partial charge in [0.1, 0.15) is 12.4 Å². The summed E-state index contributed by atoms with van der Waals surface area (Å²) in [6.07, 6.45) is -0.467. The zero-order chi connectivity index (χ0) is 18.5. The maximum atomic E-state index is 14.2. The fourth-order valence-electron chi connectivity index (χ4n) is 2.39. The van der Waals surface area contributed by atoms with Crippen molar-refractivity contribution in [2.24, 2.45) is 5.41 Å². The molecule has 5 nitrogen and oxygen atoms in total. The molecule has 0 aliphatic heterocycles. The third-order valence-electron chi connectivity index (χ3n) is 3.74. The Kier molecular flexibility index (Phi) is 6.90. The van der Waals surface area contributed by atoms with Crippen LogP contribution in [0.15, 0.2) is 18.2 Å². The first kappa shape index (κ1) is 20.1. The number of amides is 1. The molecule has 0 saturated carbocycles. The number of ether oxygens (including phenoxy) is 2. The summed E-state index contributed by atoms with van der Waals surface area (Å²) in [5.74, 6) is -1.14. The standard InChI is InChI=1S/C18H26FNO4/c1-12(23-5)16-13(8-7-9-14(16)19)10-20(11-15(21)24-6)17(22)18(2,3)4/h7-9,12H,10-11H2,1-6H3. The lowest BCUT2D eigenvalue weighted by Gasteiger charge is -2.30. The quantitative estimate of drug-likeness (QED) is 0.748. The summed E-state index contributed by atoms with van der Waals surface area (Å²) in [5, 5.41) is 0. The van der Waals surface area contributed by atoms with Gasteiger partial charge in [0.05, 0.1) is 13.2 Å². The Morgan fingerprint density at radius 3 is 2.38 bits per heavy atom. The van der Waals surface area contributed by atoms with Crippen molar-refractivity contribution in [2.45, 2.75) is 40.3 Å². The van der Waals surface area contributed by atoms with Crippen molar-refractivity contribution in [3.05, 3.63) is 35.1 Å². The fourth-order valence-corrected chi connectivity index (χ4v) is 2.39. The van der Waals surface area contributed by atoms with Crippen LogP contribution in [0, 0.1) is 11.2 Å². The highest BCUT2D eigenvalue weighted by molar-refractivity contribution is 5.85. The minimum Gasteiger partial charge on any atom is -0.468 e. The van der Waals surface area contributed by atoms with Gasteiger partial charge in [-0.15, -0.1) is 0 Å². The minimum absolute atomic E-state index is 0.103. The molecule has 1 amide bonds. The first-order valence-electron chi connectivity index (χ1n) is 7.78. The molecular weight excluding hydrogens is 313 g/mol. The van der Waals surface area contributed by atoms with Crippen molar-refractivity contribution in [2.75, 3.05) is 20.8 Å². The molecule has 6 heteroatoms. The van der Waals surface area contributed by atoms with Crippen molar-refractivity contribution in [3.8, 4) is 0 Å². The fraction of sp³-hybridized carbons (Fsp3) is 0.556. The van der Waals surface area contributed by atoms with Gasteiger partial charge in [0.25, 0.3) is 0 Å². The molecule has 0 spiro atoms. The van der Waals surface area contributed by atoms with Crippen LogP contribution in [0.1, 0.15) is 44.9 Å². The van der Waals surface area contributed by atoms with Gasteiger partial charge >= 0.3 is 5.97 Å². The number of hydrogen-bond acceptors (Lipinski definition) is 4. The summed E-state index contributed by atoms with van der Waals surface area (Å²) in [6, 6.07) is 4.66. The Labute approximate surface area is 142 Å². The van der Waals surface area contributed by atoms with Crippen molar-refractivity contribution in [1.82, 2.24) is 4.90 Å². The Hall–Kier alpha value is -1.95. The largest absolute Gasteiger partial charge is 0.468 e. The molecule has 24 heavy (non-hydrogen) atoms. The molecule has 0 aromatic heterocycles. The molecule has 1 rings (SSSR count). The summed E-state index contributed by atoms with van der Waals surface area (Å²) < 4.78 is 24.1. The predicted octanol–water partition coefficient (Wildman–Crippen LogP) is 3.08. The molecule has 0 radical (unpaired) electrons. The molecular formula is C18H26FNO4. The van der Waals surface area contributed by atoms with Gasteiger partial charge in [-0.25, -0.2) is 4.39 Å². The van der Waals surface area contributed by atoms with Crippen LogP contribution in [0.3, 0.4) is 0 Å². The molecule has 0 N–H and O–H groups in total. The number of carbonyl (C=O) groups is 2. The second-order valence-electron chi connectivity index (χ2n) is 6.68. The van der Waals surface area contributed by atoms with Crippen molar-refractivity contribution in [1.29, 1.82) is 0 Å². The van der Waals surface area contributed by atoms with Gasteiger partial charge in [0.15, 0.2) is 0 Å². The molecule has 0 bridgehead atoms. The lowest BCUT2D eigenvalue weighted by molar-refractivity contribution is -0.150. The monoisotopic (exact) mass is 339 g/mol. The van der Waals surface area contributed by atoms with Crippen LogP contribution in [-0.4, -0.2) is 37.5 Å². The number of carbonyl (C=O) groups excluding carboxylic acids is 2. The Morgan fingerprint density at radius 2 is 1.88 bits per heavy atom. The first-order chi connectivity index (χ1) is 11.1. The lowest BCUT2D eigenvalue weighted by atomic mass is 9.94. The van der Waals surface area contributed by atoms with E-state index in [1.165, 1.54) is 25.2 Å². The maximum absolute atomic E-state index is 14.2. The van der Waals surface area contributed by atoms with Crippen molar-refractivity contribution < 1.29 is 23.5 Å². The van der Waals surface area contributed by atoms with E-state index in [0.29, 0.717) is 11.1 Å². The van der Waals surface area contributed by atoms with Gasteiger partial charge in [-0.3, -0.25) is 9.59 Å². The van der Waals surface area contributed by atoms with Crippen LogP contribution in [0.5, 0.6) is 0 Å². The molecule has 1 unspecified atom stereocenters. The number of nitrogens with zero attached hydrogens (tertiary/aromatic N) is 1. The van der Waals surface area contributed by atoms with Crippen LogP contribution in [-0.2, 0) is 25.6 Å². The normalized spacial score (nSPS) is 12.6. The van der Waals surface area contributed by atoms with E-state index in [1.54, 1.807) is 39.8 Å². The van der Waals surface area contributed by atoms with E-state index in [4.69, 9.17) is 4.74 Å². The van der Waals surface area contributed by atoms with E-state index in [-0.39, 0.29) is 19.0 Å². The highest BCUT2D eigenvalue weighted by atomic mass is 19.1. The third-order valence-corrected chi connectivity index (χ3v) is 3.74. The van der Waals surface area contributed by atoms with E-state index in [9.17, 15) is 14.0 Å². The molecule has 0 aliphatic rings. The third kappa shape index (κ3) is 5.03. The number of methoxy groups -OCH3 is 2. The highest BCUT2D eigenvalue weighted by Crippen LogP contribution is 2.26. The van der Waals surface area contributed by atoms with E-state index < -0.39 is 23.3 Å². The zero-order valence-electron chi connectivity index (χ0n) is 15.2. The van der Waals surface area contributed by atoms with Gasteiger partial charge < -0.3 is 14.4 Å². The average Bonchev–Trinajstić information content (AvgIpc) is 2.51. The number of esters is 1. The van der Waals surface area contributed by atoms with Gasteiger partial charge in [-0.05, 0) is 18.6 Å². The van der Waals surface area contributed by atoms with E-state index >= 15 is 0 Å². The summed E-state index contributed by atoms with van der Waals surface area (Å²) >= 11 is 0. The molecule has 1 aromatic rings. The Morgan fingerprint density at radius 1 is 1.25 bits per heavy atom. The predicted molar refractivity (Wildman–Crippen MR) is 88.7 cm³/mol. The van der Waals surface area contributed by atoms with Crippen LogP contribution in [0.2, 0.25) is 0 Å². The molecule has 0 saturated heterocycles. The van der Waals surface area contributed by atoms with Gasteiger partial charge in [-0.2, -0.15) is 0 Å². The summed E-state index contributed by atoms with van der Waals surface area (Å²) in [5.41, 5.74) is 0.316. The number of rotatable bonds is 6. The Balaban J connectivity index is 3.22.